The smallest absolute Gasteiger partial charge is 0.200 e. The Kier molecular flexibility index (Phi) is 4.51. The molecule has 1 aromatic heterocycles. The fraction of sp³-hybridized carbons (Fsp3) is 0.318. The molecule has 0 bridgehead atoms. The number of fused-ring (bicyclic) bond motifs is 1. The van der Waals surface area contributed by atoms with Crippen LogP contribution in [0.5, 0.6) is 5.75 Å². The van der Waals surface area contributed by atoms with Crippen molar-refractivity contribution >= 4 is 11.0 Å². The van der Waals surface area contributed by atoms with Crippen LogP contribution in [0.15, 0.2) is 57.9 Å². The molecule has 2 heterocycles. The highest BCUT2D eigenvalue weighted by molar-refractivity contribution is 5.85. The highest BCUT2D eigenvalue weighted by Gasteiger charge is 2.23. The molecular formula is C22H24NO3+. The van der Waals surface area contributed by atoms with Crippen molar-refractivity contribution in [1.82, 2.24) is 0 Å². The summed E-state index contributed by atoms with van der Waals surface area (Å²) >= 11 is 0. The Bertz CT molecular complexity index is 970. The summed E-state index contributed by atoms with van der Waals surface area (Å²) in [4.78, 5) is 14.4. The van der Waals surface area contributed by atoms with Gasteiger partial charge in [-0.15, -0.1) is 0 Å². The third-order valence-electron chi connectivity index (χ3n) is 5.51. The maximum Gasteiger partial charge on any atom is 0.200 e. The molecule has 0 unspecified atom stereocenters. The molecule has 4 rings (SSSR count). The second-order valence-corrected chi connectivity index (χ2v) is 7.39. The Hall–Kier alpha value is -2.59. The molecule has 2 aromatic carbocycles. The van der Waals surface area contributed by atoms with E-state index in [4.69, 9.17) is 4.42 Å². The van der Waals surface area contributed by atoms with E-state index in [0.717, 1.165) is 30.1 Å². The highest BCUT2D eigenvalue weighted by atomic mass is 16.3. The quantitative estimate of drug-likeness (QED) is 0.764. The van der Waals surface area contributed by atoms with Gasteiger partial charge in [-0.25, -0.2) is 0 Å². The van der Waals surface area contributed by atoms with E-state index in [2.05, 4.69) is 6.92 Å². The van der Waals surface area contributed by atoms with Crippen LogP contribution in [0.1, 0.15) is 25.3 Å². The van der Waals surface area contributed by atoms with Crippen LogP contribution < -0.4 is 10.3 Å². The van der Waals surface area contributed by atoms with Gasteiger partial charge in [0.15, 0.2) is 0 Å². The minimum atomic E-state index is -0.0547. The monoisotopic (exact) mass is 350 g/mol. The van der Waals surface area contributed by atoms with Gasteiger partial charge in [0.1, 0.15) is 24.1 Å². The zero-order valence-corrected chi connectivity index (χ0v) is 15.0. The molecule has 0 atom stereocenters. The predicted octanol–water partition coefficient (Wildman–Crippen LogP) is 2.98. The second kappa shape index (κ2) is 6.96. The summed E-state index contributed by atoms with van der Waals surface area (Å²) in [6, 6.07) is 12.8. The molecule has 0 spiro atoms. The molecule has 1 aliphatic rings. The molecule has 0 aliphatic carbocycles. The van der Waals surface area contributed by atoms with Gasteiger partial charge in [-0.05, 0) is 36.5 Å². The van der Waals surface area contributed by atoms with E-state index < -0.39 is 0 Å². The first-order chi connectivity index (χ1) is 12.6. The van der Waals surface area contributed by atoms with E-state index in [0.29, 0.717) is 23.1 Å². The number of likely N-dealkylation sites (tertiary alicyclic amines) is 1. The Labute approximate surface area is 152 Å². The van der Waals surface area contributed by atoms with E-state index in [1.807, 2.05) is 30.3 Å². The van der Waals surface area contributed by atoms with Crippen molar-refractivity contribution in [1.29, 1.82) is 0 Å². The topological polar surface area (TPSA) is 54.9 Å². The summed E-state index contributed by atoms with van der Waals surface area (Å²) in [6.45, 7) is 5.15. The Morgan fingerprint density at radius 3 is 2.58 bits per heavy atom. The molecule has 134 valence electrons. The highest BCUT2D eigenvalue weighted by Crippen LogP contribution is 2.27. The molecule has 3 aromatic rings. The molecule has 1 saturated heterocycles. The Morgan fingerprint density at radius 2 is 1.85 bits per heavy atom. The first-order valence-electron chi connectivity index (χ1n) is 9.29. The molecule has 4 heteroatoms. The first kappa shape index (κ1) is 16.9. The van der Waals surface area contributed by atoms with Crippen LogP contribution in [-0.4, -0.2) is 18.2 Å². The van der Waals surface area contributed by atoms with Gasteiger partial charge in [0.05, 0.1) is 29.6 Å². The maximum atomic E-state index is 13.0. The van der Waals surface area contributed by atoms with Crippen molar-refractivity contribution in [2.75, 3.05) is 13.1 Å². The number of piperidine rings is 1. The molecule has 1 aliphatic heterocycles. The second-order valence-electron chi connectivity index (χ2n) is 7.39. The lowest BCUT2D eigenvalue weighted by Gasteiger charge is -2.27. The average Bonchev–Trinajstić information content (AvgIpc) is 2.66. The van der Waals surface area contributed by atoms with E-state index in [-0.39, 0.29) is 11.2 Å². The van der Waals surface area contributed by atoms with Crippen molar-refractivity contribution < 1.29 is 14.4 Å². The van der Waals surface area contributed by atoms with Crippen LogP contribution in [0.3, 0.4) is 0 Å². The van der Waals surface area contributed by atoms with E-state index in [9.17, 15) is 9.90 Å². The van der Waals surface area contributed by atoms with Crippen molar-refractivity contribution in [3.8, 4) is 16.9 Å². The van der Waals surface area contributed by atoms with Gasteiger partial charge in [0, 0.05) is 0 Å². The summed E-state index contributed by atoms with van der Waals surface area (Å²) in [6.07, 6.45) is 3.92. The number of rotatable bonds is 3. The number of nitrogens with one attached hydrogen (secondary N) is 1. The van der Waals surface area contributed by atoms with Crippen LogP contribution in [0, 0.1) is 5.92 Å². The van der Waals surface area contributed by atoms with Crippen LogP contribution >= 0.6 is 0 Å². The lowest BCUT2D eigenvalue weighted by Crippen LogP contribution is -3.11. The summed E-state index contributed by atoms with van der Waals surface area (Å²) < 4.78 is 5.88. The molecule has 0 amide bonds. The number of benzene rings is 2. The van der Waals surface area contributed by atoms with E-state index in [1.165, 1.54) is 24.0 Å². The van der Waals surface area contributed by atoms with Gasteiger partial charge >= 0.3 is 0 Å². The van der Waals surface area contributed by atoms with Gasteiger partial charge in [0.25, 0.3) is 0 Å². The van der Waals surface area contributed by atoms with Gasteiger partial charge in [-0.1, -0.05) is 37.3 Å². The molecule has 0 radical (unpaired) electrons. The molecule has 26 heavy (non-hydrogen) atoms. The number of phenolic OH excluding ortho intramolecular Hbond substituents is 1. The Balaban J connectivity index is 1.76. The van der Waals surface area contributed by atoms with Crippen molar-refractivity contribution in [2.24, 2.45) is 5.92 Å². The molecule has 2 N–H and O–H groups in total. The predicted molar refractivity (Wildman–Crippen MR) is 102 cm³/mol. The molecule has 4 nitrogen and oxygen atoms in total. The first-order valence-corrected chi connectivity index (χ1v) is 9.29. The standard InChI is InChI=1S/C22H23NO3/c1-15-9-11-23(12-10-15)13-18-20(24)8-7-17-21(25)19(14-26-22(17)18)16-5-3-2-4-6-16/h2-8,14-15,24H,9-13H2,1H3/p+1. The van der Waals surface area contributed by atoms with Gasteiger partial charge in [-0.2, -0.15) is 0 Å². The zero-order chi connectivity index (χ0) is 18.1. The van der Waals surface area contributed by atoms with Crippen LogP contribution in [0.25, 0.3) is 22.1 Å². The lowest BCUT2D eigenvalue weighted by atomic mass is 9.98. The van der Waals surface area contributed by atoms with E-state index in [1.54, 1.807) is 12.1 Å². The third kappa shape index (κ3) is 3.13. The summed E-state index contributed by atoms with van der Waals surface area (Å²) in [5.74, 6) is 0.977. The summed E-state index contributed by atoms with van der Waals surface area (Å²) in [5.41, 5.74) is 2.59. The van der Waals surface area contributed by atoms with Crippen LogP contribution in [0.2, 0.25) is 0 Å². The molecule has 0 saturated carbocycles. The number of phenols is 1. The largest absolute Gasteiger partial charge is 0.507 e. The maximum absolute atomic E-state index is 13.0. The summed E-state index contributed by atoms with van der Waals surface area (Å²) in [7, 11) is 0. The van der Waals surface area contributed by atoms with Crippen molar-refractivity contribution in [3.63, 3.8) is 0 Å². The van der Waals surface area contributed by atoms with Gasteiger partial charge < -0.3 is 14.4 Å². The fourth-order valence-electron chi connectivity index (χ4n) is 3.83. The fourth-order valence-corrected chi connectivity index (χ4v) is 3.83. The zero-order valence-electron chi connectivity index (χ0n) is 15.0. The normalized spacial score (nSPS) is 20.3. The number of quaternary nitrogens is 1. The van der Waals surface area contributed by atoms with Crippen molar-refractivity contribution in [2.45, 2.75) is 26.3 Å². The Morgan fingerprint density at radius 1 is 1.12 bits per heavy atom. The van der Waals surface area contributed by atoms with Crippen LogP contribution in [-0.2, 0) is 6.54 Å². The number of hydrogen-bond donors (Lipinski definition) is 2. The lowest BCUT2D eigenvalue weighted by molar-refractivity contribution is -0.919. The summed E-state index contributed by atoms with van der Waals surface area (Å²) in [5, 5.41) is 10.9. The third-order valence-corrected chi connectivity index (χ3v) is 5.51. The van der Waals surface area contributed by atoms with Crippen molar-refractivity contribution in [3.05, 3.63) is 64.5 Å². The minimum absolute atomic E-state index is 0.0547. The van der Waals surface area contributed by atoms with E-state index >= 15 is 0 Å². The average molecular weight is 350 g/mol. The SMILES string of the molecule is CC1CC[NH+](Cc2c(O)ccc3c(=O)c(-c4ccccc4)coc23)CC1. The van der Waals surface area contributed by atoms with Gasteiger partial charge in [0.2, 0.25) is 5.43 Å². The molecule has 1 fully saturated rings. The van der Waals surface area contributed by atoms with Crippen LogP contribution in [0.4, 0.5) is 0 Å². The number of hydrogen-bond acceptors (Lipinski definition) is 3. The van der Waals surface area contributed by atoms with Gasteiger partial charge in [-0.3, -0.25) is 4.79 Å². The minimum Gasteiger partial charge on any atom is -0.507 e. The number of aromatic hydroxyl groups is 1. The molecular weight excluding hydrogens is 326 g/mol.